The molecule has 0 spiro atoms. The molecule has 0 amide bonds. The number of carbonyl (C=O) groups is 2. The SMILES string of the molecule is CCCCCCCCC(CCCCCCCCCCCCC(=O)O)/[14C](=C/CCCCCCCCCCCC(=O)O)CCCCCCCC. The molecular weight excluding hydrogens is 594 g/mol. The van der Waals surface area contributed by atoms with Crippen molar-refractivity contribution in [3.63, 3.8) is 0 Å². The van der Waals surface area contributed by atoms with Gasteiger partial charge in [0, 0.05) is 12.8 Å². The lowest BCUT2D eigenvalue weighted by Crippen LogP contribution is -2.06. The lowest BCUT2D eigenvalue weighted by Gasteiger charge is -2.22. The highest BCUT2D eigenvalue weighted by Crippen LogP contribution is 2.30. The minimum Gasteiger partial charge on any atom is -0.481 e. The first-order valence-corrected chi connectivity index (χ1v) is 21.6. The van der Waals surface area contributed by atoms with Gasteiger partial charge in [-0.2, -0.15) is 0 Å². The van der Waals surface area contributed by atoms with Crippen LogP contribution in [0.4, 0.5) is 0 Å². The molecule has 4 heteroatoms. The first-order chi connectivity index (χ1) is 23.5. The Balaban J connectivity index is 4.70. The third kappa shape index (κ3) is 36.0. The summed E-state index contributed by atoms with van der Waals surface area (Å²) in [6.45, 7) is 4.63. The highest BCUT2D eigenvalue weighted by molar-refractivity contribution is 5.66. The molecule has 0 rings (SSSR count). The van der Waals surface area contributed by atoms with Gasteiger partial charge in [-0.25, -0.2) is 0 Å². The fourth-order valence-electron chi connectivity index (χ4n) is 7.30. The molecule has 0 fully saturated rings. The third-order valence-corrected chi connectivity index (χ3v) is 10.4. The summed E-state index contributed by atoms with van der Waals surface area (Å²) in [5, 5.41) is 17.6. The Morgan fingerprint density at radius 1 is 0.438 bits per heavy atom. The topological polar surface area (TPSA) is 74.6 Å². The minimum absolute atomic E-state index is 0.328. The average molecular weight is 679 g/mol. The van der Waals surface area contributed by atoms with E-state index in [9.17, 15) is 9.59 Å². The quantitative estimate of drug-likeness (QED) is 0.0499. The van der Waals surface area contributed by atoms with Gasteiger partial charge in [-0.3, -0.25) is 9.59 Å². The Bertz CT molecular complexity index is 715. The van der Waals surface area contributed by atoms with Gasteiger partial charge in [-0.05, 0) is 57.3 Å². The van der Waals surface area contributed by atoms with Gasteiger partial charge in [0.25, 0.3) is 0 Å². The van der Waals surface area contributed by atoms with Gasteiger partial charge in [0.15, 0.2) is 0 Å². The zero-order chi connectivity index (χ0) is 35.2. The second-order valence-corrected chi connectivity index (χ2v) is 15.1. The molecular formula is C44H84O4. The van der Waals surface area contributed by atoms with E-state index in [4.69, 9.17) is 10.2 Å². The molecule has 0 aliphatic carbocycles. The van der Waals surface area contributed by atoms with Crippen molar-refractivity contribution in [3.05, 3.63) is 11.6 Å². The van der Waals surface area contributed by atoms with Crippen molar-refractivity contribution in [2.75, 3.05) is 0 Å². The average Bonchev–Trinajstić information content (AvgIpc) is 3.06. The molecule has 0 aliphatic heterocycles. The number of aliphatic carboxylic acids is 2. The van der Waals surface area contributed by atoms with Crippen LogP contribution in [0.15, 0.2) is 11.6 Å². The first kappa shape index (κ1) is 46.7. The standard InChI is InChI=1S/C44H84O4/c1-3-5-7-9-23-29-35-41(37-31-25-19-15-11-13-17-21-27-33-39-43(45)46)42(36-30-24-10-8-6-4-2)38-32-26-20-16-12-14-18-22-28-34-40-44(47)48/h37,42H,3-36,38-40H2,1-2H3,(H,45,46)(H,47,48)/b41-37+/i41+2. The van der Waals surface area contributed by atoms with Crippen LogP contribution in [0.1, 0.15) is 251 Å². The van der Waals surface area contributed by atoms with E-state index >= 15 is 0 Å². The number of rotatable bonds is 40. The van der Waals surface area contributed by atoms with Crippen LogP contribution in [0, 0.1) is 5.92 Å². The Kier molecular flexibility index (Phi) is 37.4. The minimum atomic E-state index is -0.657. The number of hydrogen-bond donors (Lipinski definition) is 2. The van der Waals surface area contributed by atoms with E-state index in [0.717, 1.165) is 31.6 Å². The fraction of sp³-hybridized carbons (Fsp3) is 0.909. The largest absolute Gasteiger partial charge is 0.481 e. The van der Waals surface area contributed by atoms with Gasteiger partial charge in [0.1, 0.15) is 0 Å². The summed E-state index contributed by atoms with van der Waals surface area (Å²) in [7, 11) is 0. The molecule has 2 N–H and O–H groups in total. The highest BCUT2D eigenvalue weighted by atomic mass is 16.4. The van der Waals surface area contributed by atoms with Crippen LogP contribution < -0.4 is 0 Å². The summed E-state index contributed by atoms with van der Waals surface area (Å²) < 4.78 is 0. The second kappa shape index (κ2) is 38.5. The molecule has 0 saturated carbocycles. The molecule has 0 heterocycles. The highest BCUT2D eigenvalue weighted by Gasteiger charge is 2.14. The van der Waals surface area contributed by atoms with Crippen molar-refractivity contribution in [3.8, 4) is 0 Å². The van der Waals surface area contributed by atoms with E-state index in [-0.39, 0.29) is 0 Å². The molecule has 48 heavy (non-hydrogen) atoms. The van der Waals surface area contributed by atoms with Crippen LogP contribution in [0.5, 0.6) is 0 Å². The summed E-state index contributed by atoms with van der Waals surface area (Å²) in [5.41, 5.74) is 1.82. The van der Waals surface area contributed by atoms with Gasteiger partial charge in [0.05, 0.1) is 0 Å². The monoisotopic (exact) mass is 679 g/mol. The lowest BCUT2D eigenvalue weighted by molar-refractivity contribution is -0.138. The normalized spacial score (nSPS) is 12.5. The van der Waals surface area contributed by atoms with Crippen LogP contribution in [-0.2, 0) is 9.59 Å². The second-order valence-electron chi connectivity index (χ2n) is 15.1. The molecule has 1 atom stereocenters. The van der Waals surface area contributed by atoms with Gasteiger partial charge in [0.2, 0.25) is 0 Å². The van der Waals surface area contributed by atoms with Crippen LogP contribution in [0.2, 0.25) is 0 Å². The van der Waals surface area contributed by atoms with Crippen molar-refractivity contribution in [2.45, 2.75) is 251 Å². The molecule has 0 aromatic carbocycles. The van der Waals surface area contributed by atoms with Crippen molar-refractivity contribution in [2.24, 2.45) is 5.92 Å². The Morgan fingerprint density at radius 3 is 1.12 bits per heavy atom. The summed E-state index contributed by atoms with van der Waals surface area (Å²) in [4.78, 5) is 21.3. The molecule has 0 bridgehead atoms. The molecule has 0 radical (unpaired) electrons. The smallest absolute Gasteiger partial charge is 0.303 e. The van der Waals surface area contributed by atoms with E-state index in [0.29, 0.717) is 12.8 Å². The van der Waals surface area contributed by atoms with E-state index < -0.39 is 11.9 Å². The molecule has 0 aromatic heterocycles. The van der Waals surface area contributed by atoms with Crippen molar-refractivity contribution in [1.29, 1.82) is 0 Å². The van der Waals surface area contributed by atoms with E-state index in [1.165, 1.54) is 199 Å². The number of allylic oxidation sites excluding steroid dienone is 2. The van der Waals surface area contributed by atoms with E-state index in [1.54, 1.807) is 0 Å². The zero-order valence-corrected chi connectivity index (χ0v) is 32.5. The molecule has 0 aliphatic rings. The molecule has 4 nitrogen and oxygen atoms in total. The van der Waals surface area contributed by atoms with Gasteiger partial charge in [-0.15, -0.1) is 0 Å². The maximum absolute atomic E-state index is 10.7. The summed E-state index contributed by atoms with van der Waals surface area (Å²) in [5.74, 6) is -0.509. The predicted octanol–water partition coefficient (Wildman–Crippen LogP) is 15.2. The van der Waals surface area contributed by atoms with Crippen molar-refractivity contribution in [1.82, 2.24) is 0 Å². The lowest BCUT2D eigenvalue weighted by atomic mass is 9.98. The fourth-order valence-corrected chi connectivity index (χ4v) is 7.30. The zero-order valence-electron chi connectivity index (χ0n) is 32.5. The first-order valence-electron chi connectivity index (χ1n) is 21.6. The summed E-state index contributed by atoms with van der Waals surface area (Å²) in [6.07, 6.45) is 49.0. The van der Waals surface area contributed by atoms with Crippen LogP contribution in [-0.4, -0.2) is 22.2 Å². The predicted molar refractivity (Wildman–Crippen MR) is 209 cm³/mol. The number of carboxylic acid groups (broad SMARTS) is 2. The Hall–Kier alpha value is -1.32. The number of carboxylic acids is 2. The Labute approximate surface area is 300 Å². The van der Waals surface area contributed by atoms with Gasteiger partial charge in [-0.1, -0.05) is 199 Å². The maximum Gasteiger partial charge on any atom is 0.303 e. The van der Waals surface area contributed by atoms with Crippen LogP contribution in [0.3, 0.4) is 0 Å². The van der Waals surface area contributed by atoms with Crippen molar-refractivity contribution >= 4 is 11.9 Å². The number of unbranched alkanes of at least 4 members (excludes halogenated alkanes) is 28. The van der Waals surface area contributed by atoms with Gasteiger partial charge >= 0.3 is 11.9 Å². The van der Waals surface area contributed by atoms with Gasteiger partial charge < -0.3 is 10.2 Å². The molecule has 0 saturated heterocycles. The summed E-state index contributed by atoms with van der Waals surface area (Å²) >= 11 is 0. The van der Waals surface area contributed by atoms with E-state index in [1.807, 2.05) is 5.57 Å². The molecule has 284 valence electrons. The molecule has 1 unspecified atom stereocenters. The number of hydrogen-bond acceptors (Lipinski definition) is 2. The van der Waals surface area contributed by atoms with Crippen LogP contribution in [0.25, 0.3) is 0 Å². The van der Waals surface area contributed by atoms with E-state index in [2.05, 4.69) is 19.9 Å². The summed E-state index contributed by atoms with van der Waals surface area (Å²) in [6, 6.07) is 0. The molecule has 0 aromatic rings. The maximum atomic E-state index is 10.7. The third-order valence-electron chi connectivity index (χ3n) is 10.4. The Morgan fingerprint density at radius 2 is 0.750 bits per heavy atom. The van der Waals surface area contributed by atoms with Crippen LogP contribution >= 0.6 is 0 Å². The van der Waals surface area contributed by atoms with Crippen molar-refractivity contribution < 1.29 is 19.8 Å².